The van der Waals surface area contributed by atoms with Gasteiger partial charge in [0.15, 0.2) is 0 Å². The second-order valence-corrected chi connectivity index (χ2v) is 10.5. The van der Waals surface area contributed by atoms with Crippen molar-refractivity contribution >= 4 is 13.9 Å². The van der Waals surface area contributed by atoms with Gasteiger partial charge in [0.05, 0.1) is 18.8 Å². The predicted molar refractivity (Wildman–Crippen MR) is 112 cm³/mol. The summed E-state index contributed by atoms with van der Waals surface area (Å²) in [6, 6.07) is 9.69. The van der Waals surface area contributed by atoms with Gasteiger partial charge in [-0.2, -0.15) is 5.06 Å². The highest BCUT2D eigenvalue weighted by Gasteiger charge is 2.52. The number of hydroxylamine groups is 2. The van der Waals surface area contributed by atoms with Crippen molar-refractivity contribution in [3.63, 3.8) is 0 Å². The lowest BCUT2D eigenvalue weighted by Crippen LogP contribution is -2.55. The van der Waals surface area contributed by atoms with Gasteiger partial charge in [-0.1, -0.05) is 51.1 Å². The largest absolute Gasteiger partial charge is 0.350 e. The lowest BCUT2D eigenvalue weighted by molar-refractivity contribution is -0.259. The molecule has 160 valence electrons. The number of rotatable bonds is 11. The van der Waals surface area contributed by atoms with Gasteiger partial charge < -0.3 is 13.8 Å². The Balaban J connectivity index is 3.48. The average molecular weight is 413 g/mol. The van der Waals surface area contributed by atoms with E-state index in [0.717, 1.165) is 11.8 Å². The van der Waals surface area contributed by atoms with Gasteiger partial charge in [-0.15, -0.1) is 0 Å². The van der Waals surface area contributed by atoms with Crippen LogP contribution in [0.2, 0.25) is 0 Å². The number of carbonyl (C=O) groups excluding carboxylic acids is 1. The Morgan fingerprint density at radius 3 is 1.93 bits per heavy atom. The summed E-state index contributed by atoms with van der Waals surface area (Å²) in [4.78, 5) is 18.3. The fourth-order valence-corrected chi connectivity index (χ4v) is 5.64. The molecule has 0 aliphatic carbocycles. The third-order valence-corrected chi connectivity index (χ3v) is 7.13. The molecule has 0 saturated carbocycles. The van der Waals surface area contributed by atoms with Crippen LogP contribution in [0.15, 0.2) is 30.3 Å². The molecule has 0 saturated heterocycles. The van der Waals surface area contributed by atoms with Crippen molar-refractivity contribution in [1.82, 2.24) is 5.06 Å². The van der Waals surface area contributed by atoms with E-state index < -0.39 is 24.3 Å². The molecule has 6 nitrogen and oxygen atoms in total. The first-order valence-electron chi connectivity index (χ1n) is 9.79. The number of benzene rings is 1. The van der Waals surface area contributed by atoms with E-state index in [9.17, 15) is 9.36 Å². The Morgan fingerprint density at radius 2 is 1.54 bits per heavy atom. The zero-order valence-corrected chi connectivity index (χ0v) is 19.4. The van der Waals surface area contributed by atoms with Crippen LogP contribution in [0.25, 0.3) is 0 Å². The van der Waals surface area contributed by atoms with Gasteiger partial charge in [0, 0.05) is 0 Å². The summed E-state index contributed by atoms with van der Waals surface area (Å²) in [6.07, 6.45) is 0.438. The molecule has 0 fully saturated rings. The highest BCUT2D eigenvalue weighted by atomic mass is 31.2. The fraction of sp³-hybridized carbons (Fsp3) is 0.667. The first kappa shape index (κ1) is 25.0. The molecule has 0 N–H and O–H groups in total. The van der Waals surface area contributed by atoms with Crippen LogP contribution in [0.5, 0.6) is 0 Å². The number of aldehydes is 1. The average Bonchev–Trinajstić information content (AvgIpc) is 2.61. The fourth-order valence-electron chi connectivity index (χ4n) is 3.01. The van der Waals surface area contributed by atoms with Crippen molar-refractivity contribution in [2.24, 2.45) is 5.41 Å². The molecule has 0 spiro atoms. The lowest BCUT2D eigenvalue weighted by Gasteiger charge is -2.47. The SMILES string of the molecule is CCOP(=O)(OCC)C(N(OC(C)c1ccccc1)C(C)(C)C=O)C(C)(C)C. The second-order valence-electron chi connectivity index (χ2n) is 8.37. The van der Waals surface area contributed by atoms with E-state index in [0.29, 0.717) is 0 Å². The van der Waals surface area contributed by atoms with E-state index in [2.05, 4.69) is 0 Å². The zero-order valence-electron chi connectivity index (χ0n) is 18.5. The summed E-state index contributed by atoms with van der Waals surface area (Å²) in [5.41, 5.74) is -0.661. The third-order valence-electron chi connectivity index (χ3n) is 4.31. The van der Waals surface area contributed by atoms with E-state index in [1.807, 2.05) is 58.0 Å². The number of hydrogen-bond acceptors (Lipinski definition) is 6. The zero-order chi connectivity index (χ0) is 21.6. The summed E-state index contributed by atoms with van der Waals surface area (Å²) in [7, 11) is -3.62. The smallest absolute Gasteiger partial charge is 0.308 e. The first-order chi connectivity index (χ1) is 12.9. The van der Waals surface area contributed by atoms with Gasteiger partial charge in [0.25, 0.3) is 0 Å². The summed E-state index contributed by atoms with van der Waals surface area (Å²) in [5, 5.41) is 1.52. The van der Waals surface area contributed by atoms with E-state index in [4.69, 9.17) is 13.9 Å². The van der Waals surface area contributed by atoms with Crippen molar-refractivity contribution in [2.75, 3.05) is 13.2 Å². The minimum absolute atomic E-state index is 0.230. The Hall–Kier alpha value is -1.04. The van der Waals surface area contributed by atoms with E-state index in [1.54, 1.807) is 27.7 Å². The van der Waals surface area contributed by atoms with Gasteiger partial charge >= 0.3 is 7.60 Å². The summed E-state index contributed by atoms with van der Waals surface area (Å²) in [5.74, 6) is -0.786. The first-order valence-corrected chi connectivity index (χ1v) is 11.4. The Kier molecular flexibility index (Phi) is 9.04. The highest BCUT2D eigenvalue weighted by molar-refractivity contribution is 7.54. The number of carbonyl (C=O) groups is 1. The molecule has 1 rings (SSSR count). The molecule has 7 heteroatoms. The van der Waals surface area contributed by atoms with Gasteiger partial charge in [-0.3, -0.25) is 9.40 Å². The summed E-state index contributed by atoms with van der Waals surface area (Å²) >= 11 is 0. The van der Waals surface area contributed by atoms with Gasteiger partial charge in [-0.25, -0.2) is 0 Å². The van der Waals surface area contributed by atoms with Crippen molar-refractivity contribution in [3.05, 3.63) is 35.9 Å². The van der Waals surface area contributed by atoms with Crippen molar-refractivity contribution in [2.45, 2.75) is 72.8 Å². The van der Waals surface area contributed by atoms with Crippen LogP contribution in [0.4, 0.5) is 0 Å². The molecular formula is C21H36NO5P. The molecular weight excluding hydrogens is 377 g/mol. The minimum Gasteiger partial charge on any atom is -0.308 e. The molecule has 0 aliphatic heterocycles. The Labute approximate surface area is 170 Å². The molecule has 0 radical (unpaired) electrons. The summed E-state index contributed by atoms with van der Waals surface area (Å²) < 4.78 is 25.1. The lowest BCUT2D eigenvalue weighted by atomic mass is 9.94. The standard InChI is InChI=1S/C21H36NO5P/c1-9-25-28(24,26-10-2)19(20(4,5)6)22(21(7,8)16-23)27-17(3)18-14-12-11-13-15-18/h11-17,19H,9-10H2,1-8H3. The van der Waals surface area contributed by atoms with E-state index >= 15 is 0 Å². The second kappa shape index (κ2) is 10.1. The van der Waals surface area contributed by atoms with Crippen LogP contribution in [0.3, 0.4) is 0 Å². The molecule has 0 amide bonds. The van der Waals surface area contributed by atoms with Gasteiger partial charge in [-0.05, 0) is 45.6 Å². The molecule has 0 bridgehead atoms. The van der Waals surface area contributed by atoms with Crippen molar-refractivity contribution in [1.29, 1.82) is 0 Å². The maximum Gasteiger partial charge on any atom is 0.350 e. The topological polar surface area (TPSA) is 65.1 Å². The van der Waals surface area contributed by atoms with Crippen molar-refractivity contribution < 1.29 is 23.2 Å². The van der Waals surface area contributed by atoms with Crippen molar-refractivity contribution in [3.8, 4) is 0 Å². The molecule has 2 atom stereocenters. The van der Waals surface area contributed by atoms with Crippen LogP contribution in [-0.4, -0.2) is 35.9 Å². The molecule has 1 aromatic rings. The van der Waals surface area contributed by atoms with Crippen LogP contribution < -0.4 is 0 Å². The predicted octanol–water partition coefficient (Wildman–Crippen LogP) is 5.60. The monoisotopic (exact) mass is 413 g/mol. The Bertz CT molecular complexity index is 647. The van der Waals surface area contributed by atoms with E-state index in [-0.39, 0.29) is 19.3 Å². The van der Waals surface area contributed by atoms with Crippen LogP contribution >= 0.6 is 7.60 Å². The van der Waals surface area contributed by atoms with Crippen LogP contribution in [0.1, 0.15) is 67.1 Å². The Morgan fingerprint density at radius 1 is 1.04 bits per heavy atom. The molecule has 2 unspecified atom stereocenters. The molecule has 0 aliphatic rings. The molecule has 0 heterocycles. The molecule has 0 aromatic heterocycles. The third kappa shape index (κ3) is 6.23. The van der Waals surface area contributed by atoms with Gasteiger partial charge in [0.2, 0.25) is 0 Å². The summed E-state index contributed by atoms with van der Waals surface area (Å²) in [6.45, 7) is 15.2. The molecule has 28 heavy (non-hydrogen) atoms. The minimum atomic E-state index is -3.62. The highest BCUT2D eigenvalue weighted by Crippen LogP contribution is 2.61. The van der Waals surface area contributed by atoms with E-state index in [1.165, 1.54) is 5.06 Å². The maximum atomic E-state index is 13.8. The van der Waals surface area contributed by atoms with Crippen LogP contribution in [0, 0.1) is 5.41 Å². The van der Waals surface area contributed by atoms with Gasteiger partial charge in [0.1, 0.15) is 18.2 Å². The number of nitrogens with zero attached hydrogens (tertiary/aromatic N) is 1. The maximum absolute atomic E-state index is 13.8. The normalized spacial score (nSPS) is 15.5. The van der Waals surface area contributed by atoms with Crippen LogP contribution in [-0.2, 0) is 23.2 Å². The number of hydrogen-bond donors (Lipinski definition) is 0. The quantitative estimate of drug-likeness (QED) is 0.267. The molecule has 1 aromatic carbocycles.